The third-order valence-electron chi connectivity index (χ3n) is 4.75. The lowest BCUT2D eigenvalue weighted by Gasteiger charge is -2.26. The van der Waals surface area contributed by atoms with Crippen LogP contribution >= 0.6 is 11.3 Å². The number of thiophene rings is 1. The quantitative estimate of drug-likeness (QED) is 0.818. The van der Waals surface area contributed by atoms with Crippen LogP contribution in [-0.4, -0.2) is 50.9 Å². The fourth-order valence-corrected chi connectivity index (χ4v) is 6.49. The van der Waals surface area contributed by atoms with Crippen molar-refractivity contribution in [2.75, 3.05) is 26.2 Å². The van der Waals surface area contributed by atoms with Gasteiger partial charge in [-0.05, 0) is 63.7 Å². The summed E-state index contributed by atoms with van der Waals surface area (Å²) in [6.07, 6.45) is 3.56. The molecule has 2 unspecified atom stereocenters. The smallest absolute Gasteiger partial charge is 0.253 e. The Balaban J connectivity index is 1.65. The molecule has 2 aliphatic heterocycles. The van der Waals surface area contributed by atoms with Gasteiger partial charge >= 0.3 is 0 Å². The van der Waals surface area contributed by atoms with Crippen LogP contribution in [0.25, 0.3) is 0 Å². The first-order valence-electron chi connectivity index (χ1n) is 8.55. The third kappa shape index (κ3) is 3.82. The van der Waals surface area contributed by atoms with Crippen LogP contribution < -0.4 is 10.6 Å². The minimum Gasteiger partial charge on any atom is -0.354 e. The summed E-state index contributed by atoms with van der Waals surface area (Å²) in [4.78, 5) is 13.5. The van der Waals surface area contributed by atoms with Crippen LogP contribution in [0.2, 0.25) is 0 Å². The number of hydrogen-bond acceptors (Lipinski definition) is 5. The van der Waals surface area contributed by atoms with E-state index < -0.39 is 16.1 Å². The molecule has 3 heterocycles. The van der Waals surface area contributed by atoms with Crippen LogP contribution in [0, 0.1) is 12.8 Å². The lowest BCUT2D eigenvalue weighted by atomic mass is 9.99. The molecule has 0 aliphatic carbocycles. The molecule has 1 aromatic heterocycles. The normalized spacial score (nSPS) is 25.7. The highest BCUT2D eigenvalue weighted by molar-refractivity contribution is 7.91. The van der Waals surface area contributed by atoms with E-state index >= 15 is 0 Å². The molecule has 6 nitrogen and oxygen atoms in total. The van der Waals surface area contributed by atoms with Crippen molar-refractivity contribution in [2.24, 2.45) is 5.92 Å². The molecule has 0 radical (unpaired) electrons. The van der Waals surface area contributed by atoms with E-state index in [0.717, 1.165) is 37.2 Å². The number of carbonyl (C=O) groups excluding carboxylic acids is 1. The van der Waals surface area contributed by atoms with Crippen molar-refractivity contribution in [1.82, 2.24) is 14.9 Å². The molecule has 8 heteroatoms. The van der Waals surface area contributed by atoms with Crippen molar-refractivity contribution in [3.8, 4) is 0 Å². The van der Waals surface area contributed by atoms with Crippen LogP contribution in [-0.2, 0) is 14.8 Å². The predicted octanol–water partition coefficient (Wildman–Crippen LogP) is 1.33. The molecule has 2 N–H and O–H groups in total. The number of carbonyl (C=O) groups is 1. The molecule has 0 saturated carbocycles. The summed E-state index contributed by atoms with van der Waals surface area (Å²) in [5.74, 6) is 0.282. The molecule has 2 atom stereocenters. The molecule has 3 rings (SSSR count). The van der Waals surface area contributed by atoms with Gasteiger partial charge < -0.3 is 10.6 Å². The second kappa shape index (κ2) is 7.51. The number of piperidine rings is 1. The fourth-order valence-electron chi connectivity index (χ4n) is 3.42. The van der Waals surface area contributed by atoms with E-state index in [9.17, 15) is 13.2 Å². The molecule has 2 fully saturated rings. The fraction of sp³-hybridized carbons (Fsp3) is 0.688. The van der Waals surface area contributed by atoms with E-state index in [-0.39, 0.29) is 5.91 Å². The average Bonchev–Trinajstić information content (AvgIpc) is 3.23. The highest BCUT2D eigenvalue weighted by Gasteiger charge is 2.40. The topological polar surface area (TPSA) is 78.5 Å². The Labute approximate surface area is 147 Å². The molecule has 0 spiro atoms. The van der Waals surface area contributed by atoms with Gasteiger partial charge in [0.2, 0.25) is 5.91 Å². The zero-order chi connectivity index (χ0) is 17.2. The summed E-state index contributed by atoms with van der Waals surface area (Å²) >= 11 is 1.26. The summed E-state index contributed by atoms with van der Waals surface area (Å²) in [7, 11) is -3.58. The number of sulfonamides is 1. The monoisotopic (exact) mass is 371 g/mol. The van der Waals surface area contributed by atoms with Crippen molar-refractivity contribution in [3.05, 3.63) is 17.0 Å². The second-order valence-electron chi connectivity index (χ2n) is 6.60. The van der Waals surface area contributed by atoms with Gasteiger partial charge in [-0.3, -0.25) is 4.79 Å². The third-order valence-corrected chi connectivity index (χ3v) is 8.13. The molecule has 1 aromatic rings. The van der Waals surface area contributed by atoms with Crippen molar-refractivity contribution in [2.45, 2.75) is 42.9 Å². The maximum atomic E-state index is 12.8. The number of amides is 1. The van der Waals surface area contributed by atoms with E-state index in [1.165, 1.54) is 15.6 Å². The Morgan fingerprint density at radius 2 is 2.21 bits per heavy atom. The van der Waals surface area contributed by atoms with Gasteiger partial charge in [0.15, 0.2) is 0 Å². The van der Waals surface area contributed by atoms with Gasteiger partial charge in [-0.2, -0.15) is 4.31 Å². The summed E-state index contributed by atoms with van der Waals surface area (Å²) < 4.78 is 27.3. The lowest BCUT2D eigenvalue weighted by Crippen LogP contribution is -2.47. The Hall–Kier alpha value is -0.960. The van der Waals surface area contributed by atoms with Crippen LogP contribution in [0.5, 0.6) is 0 Å². The predicted molar refractivity (Wildman–Crippen MR) is 94.6 cm³/mol. The molecule has 0 bridgehead atoms. The SMILES string of the molecule is Cc1ccc(S(=O)(=O)N2CCCC2C(=O)NCC2CCCNC2)s1. The summed E-state index contributed by atoms with van der Waals surface area (Å²) in [6.45, 7) is 4.88. The first-order valence-corrected chi connectivity index (χ1v) is 10.8. The first-order chi connectivity index (χ1) is 11.5. The Bertz CT molecular complexity index is 680. The Morgan fingerprint density at radius 3 is 2.88 bits per heavy atom. The second-order valence-corrected chi connectivity index (χ2v) is 10.0. The molecule has 24 heavy (non-hydrogen) atoms. The van der Waals surface area contributed by atoms with Gasteiger partial charge in [0, 0.05) is 18.0 Å². The van der Waals surface area contributed by atoms with Crippen LogP contribution in [0.4, 0.5) is 0 Å². The van der Waals surface area contributed by atoms with Crippen molar-refractivity contribution >= 4 is 27.3 Å². The van der Waals surface area contributed by atoms with E-state index in [1.54, 1.807) is 12.1 Å². The summed E-state index contributed by atoms with van der Waals surface area (Å²) in [5, 5.41) is 6.30. The number of nitrogens with one attached hydrogen (secondary N) is 2. The zero-order valence-corrected chi connectivity index (χ0v) is 15.6. The highest BCUT2D eigenvalue weighted by Crippen LogP contribution is 2.30. The lowest BCUT2D eigenvalue weighted by molar-refractivity contribution is -0.124. The van der Waals surface area contributed by atoms with Crippen LogP contribution in [0.1, 0.15) is 30.6 Å². The molecule has 134 valence electrons. The minimum absolute atomic E-state index is 0.157. The van der Waals surface area contributed by atoms with Gasteiger partial charge in [-0.15, -0.1) is 11.3 Å². The molecular weight excluding hydrogens is 346 g/mol. The van der Waals surface area contributed by atoms with E-state index in [4.69, 9.17) is 0 Å². The number of aryl methyl sites for hydroxylation is 1. The van der Waals surface area contributed by atoms with Gasteiger partial charge in [0.25, 0.3) is 10.0 Å². The first kappa shape index (κ1) is 17.8. The molecule has 2 saturated heterocycles. The Morgan fingerprint density at radius 1 is 1.38 bits per heavy atom. The van der Waals surface area contributed by atoms with Gasteiger partial charge in [-0.1, -0.05) is 0 Å². The molecule has 0 aromatic carbocycles. The zero-order valence-electron chi connectivity index (χ0n) is 14.0. The standard InChI is InChI=1S/C16H25N3O3S2/c1-12-6-7-15(23-12)24(21,22)19-9-3-5-14(19)16(20)18-11-13-4-2-8-17-10-13/h6-7,13-14,17H,2-5,8-11H2,1H3,(H,18,20). The highest BCUT2D eigenvalue weighted by atomic mass is 32.2. The van der Waals surface area contributed by atoms with Gasteiger partial charge in [-0.25, -0.2) is 8.42 Å². The maximum absolute atomic E-state index is 12.8. The van der Waals surface area contributed by atoms with E-state index in [1.807, 2.05) is 6.92 Å². The summed E-state index contributed by atoms with van der Waals surface area (Å²) in [6, 6.07) is 2.86. The molecule has 2 aliphatic rings. The van der Waals surface area contributed by atoms with Gasteiger partial charge in [0.1, 0.15) is 10.3 Å². The van der Waals surface area contributed by atoms with Crippen molar-refractivity contribution in [1.29, 1.82) is 0 Å². The van der Waals surface area contributed by atoms with Crippen LogP contribution in [0.15, 0.2) is 16.3 Å². The number of hydrogen-bond donors (Lipinski definition) is 2. The number of rotatable bonds is 5. The van der Waals surface area contributed by atoms with Crippen LogP contribution in [0.3, 0.4) is 0 Å². The van der Waals surface area contributed by atoms with E-state index in [0.29, 0.717) is 29.6 Å². The van der Waals surface area contributed by atoms with Crippen molar-refractivity contribution in [3.63, 3.8) is 0 Å². The number of nitrogens with zero attached hydrogens (tertiary/aromatic N) is 1. The largest absolute Gasteiger partial charge is 0.354 e. The average molecular weight is 372 g/mol. The Kier molecular flexibility index (Phi) is 5.59. The molecule has 1 amide bonds. The maximum Gasteiger partial charge on any atom is 0.253 e. The molecular formula is C16H25N3O3S2. The van der Waals surface area contributed by atoms with E-state index in [2.05, 4.69) is 10.6 Å². The minimum atomic E-state index is -3.58. The van der Waals surface area contributed by atoms with Gasteiger partial charge in [0.05, 0.1) is 0 Å². The summed E-state index contributed by atoms with van der Waals surface area (Å²) in [5.41, 5.74) is 0. The van der Waals surface area contributed by atoms with Crippen molar-refractivity contribution < 1.29 is 13.2 Å².